The van der Waals surface area contributed by atoms with E-state index in [1.165, 1.54) is 7.11 Å². The Morgan fingerprint density at radius 2 is 1.89 bits per heavy atom. The van der Waals surface area contributed by atoms with E-state index in [9.17, 15) is 4.79 Å². The van der Waals surface area contributed by atoms with Gasteiger partial charge in [0.25, 0.3) is 0 Å². The minimum atomic E-state index is -0.496. The summed E-state index contributed by atoms with van der Waals surface area (Å²) in [5, 5.41) is 0. The fraction of sp³-hybridized carbons (Fsp3) is 0.619. The number of hydrogen-bond acceptors (Lipinski definition) is 5. The van der Waals surface area contributed by atoms with Crippen molar-refractivity contribution in [1.29, 1.82) is 0 Å². The minimum Gasteiger partial charge on any atom is -0.468 e. The smallest absolute Gasteiger partial charge is 0.318 e. The van der Waals surface area contributed by atoms with Crippen LogP contribution in [0.1, 0.15) is 51.0 Å². The summed E-state index contributed by atoms with van der Waals surface area (Å²) in [6, 6.07) is 7.87. The zero-order chi connectivity index (χ0) is 19.4. The van der Waals surface area contributed by atoms with Crippen LogP contribution in [0.4, 0.5) is 0 Å². The molecule has 0 bridgehead atoms. The highest BCUT2D eigenvalue weighted by atomic mass is 79.9. The van der Waals surface area contributed by atoms with E-state index in [1.807, 2.05) is 31.2 Å². The Morgan fingerprint density at radius 3 is 2.48 bits per heavy atom. The molecular formula is C21H28BrNO4. The highest BCUT2D eigenvalue weighted by Crippen LogP contribution is 2.40. The molecule has 1 heterocycles. The number of halogens is 1. The van der Waals surface area contributed by atoms with E-state index in [1.54, 1.807) is 0 Å². The Labute approximate surface area is 169 Å². The monoisotopic (exact) mass is 437 g/mol. The molecule has 0 aromatic heterocycles. The van der Waals surface area contributed by atoms with Crippen molar-refractivity contribution in [3.8, 4) is 0 Å². The Morgan fingerprint density at radius 1 is 1.26 bits per heavy atom. The standard InChI is InChI=1S/C21H28BrNO4/c1-14(16-8-10-21(11-9-16)26-12-13-27-21)23-15(2)19(20(24)25-3)17-6-4-5-7-18(17)22/h4-7,14,16,19H,8-13H2,1-3H3/b23-15-. The molecule has 5 nitrogen and oxygen atoms in total. The van der Waals surface area contributed by atoms with Gasteiger partial charge in [0, 0.05) is 29.1 Å². The summed E-state index contributed by atoms with van der Waals surface area (Å²) < 4.78 is 17.6. The largest absolute Gasteiger partial charge is 0.468 e. The molecule has 0 radical (unpaired) electrons. The number of hydrogen-bond donors (Lipinski definition) is 0. The molecule has 2 atom stereocenters. The molecule has 1 aromatic rings. The van der Waals surface area contributed by atoms with E-state index in [4.69, 9.17) is 19.2 Å². The van der Waals surface area contributed by atoms with E-state index < -0.39 is 5.92 Å². The van der Waals surface area contributed by atoms with Crippen LogP contribution in [0.15, 0.2) is 33.7 Å². The van der Waals surface area contributed by atoms with Crippen molar-refractivity contribution in [1.82, 2.24) is 0 Å². The fourth-order valence-corrected chi connectivity index (χ4v) is 4.71. The number of nitrogens with zero attached hydrogens (tertiary/aromatic N) is 1. The second-order valence-corrected chi connectivity index (χ2v) is 8.29. The van der Waals surface area contributed by atoms with Gasteiger partial charge in [0.05, 0.1) is 20.3 Å². The zero-order valence-corrected chi connectivity index (χ0v) is 17.8. The quantitative estimate of drug-likeness (QED) is 0.502. The van der Waals surface area contributed by atoms with Gasteiger partial charge in [0.2, 0.25) is 0 Å². The second kappa shape index (κ2) is 8.84. The Kier molecular flexibility index (Phi) is 6.71. The van der Waals surface area contributed by atoms with Crippen LogP contribution in [-0.2, 0) is 19.0 Å². The van der Waals surface area contributed by atoms with E-state index in [-0.39, 0.29) is 17.8 Å². The first-order chi connectivity index (χ1) is 13.0. The molecule has 1 saturated carbocycles. The van der Waals surface area contributed by atoms with Crippen molar-refractivity contribution in [3.05, 3.63) is 34.3 Å². The van der Waals surface area contributed by atoms with Gasteiger partial charge in [0.15, 0.2) is 5.79 Å². The van der Waals surface area contributed by atoms with Crippen LogP contribution >= 0.6 is 15.9 Å². The highest BCUT2D eigenvalue weighted by molar-refractivity contribution is 9.10. The summed E-state index contributed by atoms with van der Waals surface area (Å²) in [5.41, 5.74) is 1.67. The first-order valence-electron chi connectivity index (χ1n) is 9.60. The molecule has 2 aliphatic rings. The third kappa shape index (κ3) is 4.61. The van der Waals surface area contributed by atoms with Crippen LogP contribution in [0, 0.1) is 5.92 Å². The maximum absolute atomic E-state index is 12.5. The highest BCUT2D eigenvalue weighted by Gasteiger charge is 2.41. The number of methoxy groups -OCH3 is 1. The zero-order valence-electron chi connectivity index (χ0n) is 16.2. The van der Waals surface area contributed by atoms with Gasteiger partial charge in [-0.1, -0.05) is 34.1 Å². The van der Waals surface area contributed by atoms with Crippen LogP contribution in [0.2, 0.25) is 0 Å². The van der Waals surface area contributed by atoms with E-state index in [2.05, 4.69) is 22.9 Å². The average Bonchev–Trinajstić information content (AvgIpc) is 3.11. The Bertz CT molecular complexity index is 689. The maximum Gasteiger partial charge on any atom is 0.318 e. The molecule has 1 saturated heterocycles. The summed E-state index contributed by atoms with van der Waals surface area (Å²) in [6.07, 6.45) is 3.88. The SMILES string of the molecule is COC(=O)C(/C(C)=N\C(C)C1CCC2(CC1)OCCO2)c1ccccc1Br. The van der Waals surface area contributed by atoms with Crippen molar-refractivity contribution in [2.75, 3.05) is 20.3 Å². The normalized spacial score (nSPS) is 22.6. The van der Waals surface area contributed by atoms with Crippen LogP contribution in [0.25, 0.3) is 0 Å². The topological polar surface area (TPSA) is 57.1 Å². The van der Waals surface area contributed by atoms with Crippen molar-refractivity contribution < 1.29 is 19.0 Å². The van der Waals surface area contributed by atoms with Crippen LogP contribution in [-0.4, -0.2) is 43.8 Å². The summed E-state index contributed by atoms with van der Waals surface area (Å²) in [5.74, 6) is -0.663. The molecular weight excluding hydrogens is 410 g/mol. The Balaban J connectivity index is 1.73. The molecule has 148 valence electrons. The molecule has 0 N–H and O–H groups in total. The number of esters is 1. The van der Waals surface area contributed by atoms with Crippen molar-refractivity contribution in [2.24, 2.45) is 10.9 Å². The van der Waals surface area contributed by atoms with Gasteiger partial charge in [-0.3, -0.25) is 9.79 Å². The van der Waals surface area contributed by atoms with E-state index in [0.717, 1.165) is 41.4 Å². The van der Waals surface area contributed by atoms with Gasteiger partial charge in [-0.2, -0.15) is 0 Å². The van der Waals surface area contributed by atoms with Gasteiger partial charge in [-0.25, -0.2) is 0 Å². The minimum absolute atomic E-state index is 0.137. The fourth-order valence-electron chi connectivity index (χ4n) is 4.20. The predicted molar refractivity (Wildman–Crippen MR) is 108 cm³/mol. The lowest BCUT2D eigenvalue weighted by Gasteiger charge is -2.36. The lowest BCUT2D eigenvalue weighted by atomic mass is 9.81. The number of rotatable bonds is 5. The van der Waals surface area contributed by atoms with Gasteiger partial charge in [-0.05, 0) is 44.2 Å². The molecule has 6 heteroatoms. The van der Waals surface area contributed by atoms with Crippen molar-refractivity contribution in [2.45, 2.75) is 57.3 Å². The number of ether oxygens (including phenoxy) is 3. The van der Waals surface area contributed by atoms with Gasteiger partial charge < -0.3 is 14.2 Å². The molecule has 0 amide bonds. The number of aliphatic imine (C=N–C) groups is 1. The first-order valence-corrected chi connectivity index (χ1v) is 10.4. The molecule has 1 aliphatic heterocycles. The van der Waals surface area contributed by atoms with Crippen LogP contribution in [0.5, 0.6) is 0 Å². The van der Waals surface area contributed by atoms with Gasteiger partial charge in [-0.15, -0.1) is 0 Å². The summed E-state index contributed by atoms with van der Waals surface area (Å²) in [7, 11) is 1.42. The maximum atomic E-state index is 12.5. The lowest BCUT2D eigenvalue weighted by Crippen LogP contribution is -2.37. The number of carbonyl (C=O) groups excluding carboxylic acids is 1. The summed E-state index contributed by atoms with van der Waals surface area (Å²) in [6.45, 7) is 5.45. The van der Waals surface area contributed by atoms with E-state index >= 15 is 0 Å². The van der Waals surface area contributed by atoms with Gasteiger partial charge >= 0.3 is 5.97 Å². The number of benzene rings is 1. The second-order valence-electron chi connectivity index (χ2n) is 7.43. The molecule has 1 aliphatic carbocycles. The van der Waals surface area contributed by atoms with Crippen molar-refractivity contribution >= 4 is 27.6 Å². The molecule has 1 aromatic carbocycles. The average molecular weight is 438 g/mol. The first kappa shape index (κ1) is 20.5. The summed E-state index contributed by atoms with van der Waals surface area (Å²) in [4.78, 5) is 17.4. The molecule has 27 heavy (non-hydrogen) atoms. The third-order valence-electron chi connectivity index (χ3n) is 5.77. The summed E-state index contributed by atoms with van der Waals surface area (Å²) >= 11 is 3.55. The number of carbonyl (C=O) groups is 1. The van der Waals surface area contributed by atoms with Crippen LogP contribution < -0.4 is 0 Å². The van der Waals surface area contributed by atoms with Crippen LogP contribution in [0.3, 0.4) is 0 Å². The third-order valence-corrected chi connectivity index (χ3v) is 6.49. The predicted octanol–water partition coefficient (Wildman–Crippen LogP) is 4.49. The molecule has 2 unspecified atom stereocenters. The van der Waals surface area contributed by atoms with Gasteiger partial charge in [0.1, 0.15) is 5.92 Å². The molecule has 2 fully saturated rings. The Hall–Kier alpha value is -1.24. The lowest BCUT2D eigenvalue weighted by molar-refractivity contribution is -0.183. The van der Waals surface area contributed by atoms with E-state index in [0.29, 0.717) is 19.1 Å². The molecule has 3 rings (SSSR count). The molecule has 1 spiro atoms. The van der Waals surface area contributed by atoms with Crippen molar-refractivity contribution in [3.63, 3.8) is 0 Å².